The van der Waals surface area contributed by atoms with Crippen molar-refractivity contribution in [3.8, 4) is 0 Å². The van der Waals surface area contributed by atoms with E-state index < -0.39 is 0 Å². The summed E-state index contributed by atoms with van der Waals surface area (Å²) in [5.41, 5.74) is 1.26. The van der Waals surface area contributed by atoms with Gasteiger partial charge < -0.3 is 5.32 Å². The topological polar surface area (TPSA) is 37.8 Å². The van der Waals surface area contributed by atoms with Crippen molar-refractivity contribution in [2.45, 2.75) is 39.0 Å². The van der Waals surface area contributed by atoms with Crippen LogP contribution in [-0.4, -0.2) is 16.5 Å². The van der Waals surface area contributed by atoms with Crippen LogP contribution in [0.4, 0.5) is 5.82 Å². The van der Waals surface area contributed by atoms with Crippen LogP contribution in [0.5, 0.6) is 0 Å². The lowest BCUT2D eigenvalue weighted by atomic mass is 10.2. The molecule has 0 atom stereocenters. The van der Waals surface area contributed by atoms with Crippen molar-refractivity contribution >= 4 is 28.4 Å². The molecule has 1 saturated carbocycles. The molecule has 1 aliphatic rings. The quantitative estimate of drug-likeness (QED) is 0.868. The molecule has 0 unspecified atom stereocenters. The van der Waals surface area contributed by atoms with Gasteiger partial charge in [-0.25, -0.2) is 9.97 Å². The molecule has 0 radical (unpaired) electrons. The SMILES string of the molecule is CCNc1nc(CC)nc(C2CC2)c1I. The lowest BCUT2D eigenvalue weighted by Crippen LogP contribution is -2.08. The summed E-state index contributed by atoms with van der Waals surface area (Å²) in [6, 6.07) is 0. The van der Waals surface area contributed by atoms with Crippen molar-refractivity contribution in [3.63, 3.8) is 0 Å². The molecule has 15 heavy (non-hydrogen) atoms. The van der Waals surface area contributed by atoms with Gasteiger partial charge in [-0.05, 0) is 42.4 Å². The third-order valence-corrected chi connectivity index (χ3v) is 3.61. The molecule has 0 saturated heterocycles. The monoisotopic (exact) mass is 317 g/mol. The zero-order valence-corrected chi connectivity index (χ0v) is 11.3. The fourth-order valence-electron chi connectivity index (χ4n) is 1.58. The van der Waals surface area contributed by atoms with E-state index in [4.69, 9.17) is 0 Å². The van der Waals surface area contributed by atoms with E-state index in [0.717, 1.165) is 24.6 Å². The van der Waals surface area contributed by atoms with Crippen molar-refractivity contribution in [2.24, 2.45) is 0 Å². The Balaban J connectivity index is 2.39. The van der Waals surface area contributed by atoms with Crippen molar-refractivity contribution < 1.29 is 0 Å². The number of hydrogen-bond acceptors (Lipinski definition) is 3. The van der Waals surface area contributed by atoms with Crippen LogP contribution in [0, 0.1) is 3.57 Å². The molecule has 0 amide bonds. The molecule has 0 bridgehead atoms. The third-order valence-electron chi connectivity index (χ3n) is 2.55. The molecule has 1 aromatic rings. The zero-order valence-electron chi connectivity index (χ0n) is 9.18. The number of nitrogens with zero attached hydrogens (tertiary/aromatic N) is 2. The first-order valence-corrected chi connectivity index (χ1v) is 6.64. The van der Waals surface area contributed by atoms with Crippen molar-refractivity contribution in [3.05, 3.63) is 15.1 Å². The van der Waals surface area contributed by atoms with Crippen LogP contribution in [0.3, 0.4) is 0 Å². The number of hydrogen-bond donors (Lipinski definition) is 1. The summed E-state index contributed by atoms with van der Waals surface area (Å²) in [4.78, 5) is 9.16. The Hall–Kier alpha value is -0.390. The van der Waals surface area contributed by atoms with E-state index in [-0.39, 0.29) is 0 Å². The number of anilines is 1. The molecular weight excluding hydrogens is 301 g/mol. The Bertz CT molecular complexity index is 361. The normalized spacial score (nSPS) is 15.4. The fraction of sp³-hybridized carbons (Fsp3) is 0.636. The maximum atomic E-state index is 4.64. The van der Waals surface area contributed by atoms with Gasteiger partial charge in [0, 0.05) is 18.9 Å². The van der Waals surface area contributed by atoms with Gasteiger partial charge >= 0.3 is 0 Å². The van der Waals surface area contributed by atoms with Crippen LogP contribution >= 0.6 is 22.6 Å². The molecule has 2 rings (SSSR count). The van der Waals surface area contributed by atoms with Gasteiger partial charge in [0.1, 0.15) is 11.6 Å². The summed E-state index contributed by atoms with van der Waals surface area (Å²) in [6.07, 6.45) is 3.50. The molecule has 1 heterocycles. The van der Waals surface area contributed by atoms with Gasteiger partial charge in [0.2, 0.25) is 0 Å². The van der Waals surface area contributed by atoms with Crippen molar-refractivity contribution in [2.75, 3.05) is 11.9 Å². The second-order valence-corrected chi connectivity index (χ2v) is 4.92. The van der Waals surface area contributed by atoms with Gasteiger partial charge in [0.05, 0.1) is 9.26 Å². The lowest BCUT2D eigenvalue weighted by Gasteiger charge is -2.10. The Morgan fingerprint density at radius 2 is 2.07 bits per heavy atom. The zero-order chi connectivity index (χ0) is 10.8. The molecule has 3 nitrogen and oxygen atoms in total. The van der Waals surface area contributed by atoms with Crippen LogP contribution < -0.4 is 5.32 Å². The number of aryl methyl sites for hydroxylation is 1. The first-order valence-electron chi connectivity index (χ1n) is 5.56. The smallest absolute Gasteiger partial charge is 0.143 e. The molecule has 0 aliphatic heterocycles. The average Bonchev–Trinajstić information content (AvgIpc) is 3.05. The minimum atomic E-state index is 0.697. The highest BCUT2D eigenvalue weighted by Gasteiger charge is 2.29. The predicted molar refractivity (Wildman–Crippen MR) is 70.3 cm³/mol. The van der Waals surface area contributed by atoms with Crippen LogP contribution in [0.25, 0.3) is 0 Å². The van der Waals surface area contributed by atoms with E-state index in [1.807, 2.05) is 0 Å². The predicted octanol–water partition coefficient (Wildman–Crippen LogP) is 2.95. The highest BCUT2D eigenvalue weighted by atomic mass is 127. The lowest BCUT2D eigenvalue weighted by molar-refractivity contribution is 0.871. The maximum Gasteiger partial charge on any atom is 0.143 e. The Morgan fingerprint density at radius 3 is 2.60 bits per heavy atom. The molecule has 0 aromatic carbocycles. The second kappa shape index (κ2) is 4.63. The minimum Gasteiger partial charge on any atom is -0.369 e. The summed E-state index contributed by atoms with van der Waals surface area (Å²) < 4.78 is 1.22. The van der Waals surface area contributed by atoms with E-state index in [2.05, 4.69) is 51.7 Å². The summed E-state index contributed by atoms with van der Waals surface area (Å²) in [6.45, 7) is 5.12. The number of halogens is 1. The Morgan fingerprint density at radius 1 is 1.33 bits per heavy atom. The van der Waals surface area contributed by atoms with E-state index in [0.29, 0.717) is 5.92 Å². The van der Waals surface area contributed by atoms with Gasteiger partial charge in [-0.2, -0.15) is 0 Å². The van der Waals surface area contributed by atoms with Gasteiger partial charge in [-0.1, -0.05) is 6.92 Å². The Labute approximate surface area is 104 Å². The van der Waals surface area contributed by atoms with Gasteiger partial charge in [0.15, 0.2) is 0 Å². The van der Waals surface area contributed by atoms with Gasteiger partial charge in [-0.3, -0.25) is 0 Å². The molecule has 1 aromatic heterocycles. The minimum absolute atomic E-state index is 0.697. The molecule has 1 fully saturated rings. The average molecular weight is 317 g/mol. The van der Waals surface area contributed by atoms with E-state index in [1.165, 1.54) is 22.1 Å². The van der Waals surface area contributed by atoms with E-state index in [9.17, 15) is 0 Å². The largest absolute Gasteiger partial charge is 0.369 e. The maximum absolute atomic E-state index is 4.64. The summed E-state index contributed by atoms with van der Waals surface area (Å²) in [5.74, 6) is 2.68. The number of nitrogens with one attached hydrogen (secondary N) is 1. The molecule has 1 aliphatic carbocycles. The van der Waals surface area contributed by atoms with Crippen LogP contribution in [0.2, 0.25) is 0 Å². The summed E-state index contributed by atoms with van der Waals surface area (Å²) in [5, 5.41) is 3.31. The van der Waals surface area contributed by atoms with Crippen LogP contribution in [0.15, 0.2) is 0 Å². The molecule has 82 valence electrons. The van der Waals surface area contributed by atoms with Crippen LogP contribution in [-0.2, 0) is 6.42 Å². The van der Waals surface area contributed by atoms with E-state index >= 15 is 0 Å². The fourth-order valence-corrected chi connectivity index (χ4v) is 2.45. The molecule has 1 N–H and O–H groups in total. The highest BCUT2D eigenvalue weighted by molar-refractivity contribution is 14.1. The first-order chi connectivity index (χ1) is 7.26. The van der Waals surface area contributed by atoms with Crippen molar-refractivity contribution in [1.29, 1.82) is 0 Å². The molecule has 0 spiro atoms. The summed E-state index contributed by atoms with van der Waals surface area (Å²) >= 11 is 2.37. The van der Waals surface area contributed by atoms with Crippen LogP contribution in [0.1, 0.15) is 44.1 Å². The highest BCUT2D eigenvalue weighted by Crippen LogP contribution is 2.42. The summed E-state index contributed by atoms with van der Waals surface area (Å²) in [7, 11) is 0. The third kappa shape index (κ3) is 2.41. The standard InChI is InChI=1S/C11H16IN3/c1-3-8-14-10(7-5-6-7)9(12)11(15-8)13-4-2/h7H,3-6H2,1-2H3,(H,13,14,15). The molecule has 4 heteroatoms. The second-order valence-electron chi connectivity index (χ2n) is 3.85. The van der Waals surface area contributed by atoms with E-state index in [1.54, 1.807) is 0 Å². The van der Waals surface area contributed by atoms with Gasteiger partial charge in [0.25, 0.3) is 0 Å². The Kier molecular flexibility index (Phi) is 3.43. The number of rotatable bonds is 4. The number of aromatic nitrogens is 2. The first kappa shape index (κ1) is 11.1. The van der Waals surface area contributed by atoms with Crippen molar-refractivity contribution in [1.82, 2.24) is 9.97 Å². The molecular formula is C11H16IN3. The van der Waals surface area contributed by atoms with Gasteiger partial charge in [-0.15, -0.1) is 0 Å².